The summed E-state index contributed by atoms with van der Waals surface area (Å²) in [6.07, 6.45) is 3.71. The number of hydrogen-bond donors (Lipinski definition) is 0. The minimum atomic E-state index is -0.129. The molecule has 0 radical (unpaired) electrons. The van der Waals surface area contributed by atoms with E-state index in [1.165, 1.54) is 6.26 Å². The summed E-state index contributed by atoms with van der Waals surface area (Å²) in [7, 11) is 0. The predicted molar refractivity (Wildman–Crippen MR) is 102 cm³/mol. The van der Waals surface area contributed by atoms with Gasteiger partial charge in [-0.25, -0.2) is 0 Å². The van der Waals surface area contributed by atoms with E-state index >= 15 is 0 Å². The fourth-order valence-corrected chi connectivity index (χ4v) is 3.75. The topological polar surface area (TPSA) is 83.3 Å². The molecule has 1 atom stereocenters. The van der Waals surface area contributed by atoms with E-state index in [-0.39, 0.29) is 30.2 Å². The molecule has 0 unspecified atom stereocenters. The number of carbonyl (C=O) groups is 3. The molecule has 2 fully saturated rings. The molecule has 0 spiro atoms. The Bertz CT molecular complexity index is 702. The molecule has 8 heteroatoms. The van der Waals surface area contributed by atoms with Crippen LogP contribution in [-0.2, 0) is 14.3 Å². The van der Waals surface area contributed by atoms with E-state index in [9.17, 15) is 14.4 Å². The lowest BCUT2D eigenvalue weighted by Crippen LogP contribution is -2.50. The maximum absolute atomic E-state index is 13.0. The van der Waals surface area contributed by atoms with E-state index < -0.39 is 0 Å². The summed E-state index contributed by atoms with van der Waals surface area (Å²) in [5, 5.41) is 0. The third-order valence-electron chi connectivity index (χ3n) is 5.50. The first-order chi connectivity index (χ1) is 13.5. The summed E-state index contributed by atoms with van der Waals surface area (Å²) in [5.41, 5.74) is 0.528. The van der Waals surface area contributed by atoms with Gasteiger partial charge in [0.15, 0.2) is 0 Å². The van der Waals surface area contributed by atoms with Crippen LogP contribution in [0.15, 0.2) is 16.7 Å². The van der Waals surface area contributed by atoms with E-state index in [2.05, 4.69) is 0 Å². The first-order valence-corrected chi connectivity index (χ1v) is 9.94. The molecule has 28 heavy (non-hydrogen) atoms. The van der Waals surface area contributed by atoms with Crippen molar-refractivity contribution in [1.29, 1.82) is 0 Å². The molecule has 154 valence electrons. The normalized spacial score (nSPS) is 19.7. The molecule has 0 aliphatic carbocycles. The average Bonchev–Trinajstić information content (AvgIpc) is 3.36. The van der Waals surface area contributed by atoms with Crippen molar-refractivity contribution in [2.75, 3.05) is 45.9 Å². The van der Waals surface area contributed by atoms with E-state index in [1.54, 1.807) is 34.6 Å². The van der Waals surface area contributed by atoms with Crippen molar-refractivity contribution < 1.29 is 23.5 Å². The van der Waals surface area contributed by atoms with Gasteiger partial charge < -0.3 is 23.9 Å². The highest BCUT2D eigenvalue weighted by molar-refractivity contribution is 5.95. The van der Waals surface area contributed by atoms with Gasteiger partial charge in [-0.1, -0.05) is 0 Å². The third-order valence-corrected chi connectivity index (χ3v) is 5.50. The smallest absolute Gasteiger partial charge is 0.257 e. The Kier molecular flexibility index (Phi) is 6.72. The standard InChI is InChI=1S/C20H29N3O5/c1-15-18(6-13-27-15)20(26)23(14-17-4-3-12-28-17)7-5-19(25)22-10-8-21(9-11-22)16(2)24/h6,13,17H,3-5,7-12,14H2,1-2H3/t17-/m0/s1. The molecule has 3 rings (SSSR count). The molecule has 2 saturated heterocycles. The Morgan fingerprint density at radius 2 is 1.89 bits per heavy atom. The van der Waals surface area contributed by atoms with Gasteiger partial charge in [-0.3, -0.25) is 14.4 Å². The van der Waals surface area contributed by atoms with E-state index in [4.69, 9.17) is 9.15 Å². The zero-order chi connectivity index (χ0) is 20.1. The lowest BCUT2D eigenvalue weighted by atomic mass is 10.1. The predicted octanol–water partition coefficient (Wildman–Crippen LogP) is 1.29. The number of rotatable bonds is 6. The van der Waals surface area contributed by atoms with Gasteiger partial charge in [-0.15, -0.1) is 0 Å². The summed E-state index contributed by atoms with van der Waals surface area (Å²) in [5.74, 6) is 0.498. The highest BCUT2D eigenvalue weighted by atomic mass is 16.5. The molecule has 3 amide bonds. The van der Waals surface area contributed by atoms with Crippen molar-refractivity contribution >= 4 is 17.7 Å². The molecule has 1 aromatic heterocycles. The molecular weight excluding hydrogens is 362 g/mol. The lowest BCUT2D eigenvalue weighted by molar-refractivity contribution is -0.138. The van der Waals surface area contributed by atoms with Crippen molar-refractivity contribution in [1.82, 2.24) is 14.7 Å². The van der Waals surface area contributed by atoms with Crippen LogP contribution in [0, 0.1) is 6.92 Å². The molecule has 0 N–H and O–H groups in total. The molecule has 3 heterocycles. The summed E-state index contributed by atoms with van der Waals surface area (Å²) in [6.45, 7) is 7.06. The third kappa shape index (κ3) is 4.92. The number of aryl methyl sites for hydroxylation is 1. The van der Waals surface area contributed by atoms with Crippen LogP contribution in [0.3, 0.4) is 0 Å². The average molecular weight is 391 g/mol. The first-order valence-electron chi connectivity index (χ1n) is 9.94. The molecule has 0 bridgehead atoms. The van der Waals surface area contributed by atoms with Crippen molar-refractivity contribution in [2.24, 2.45) is 0 Å². The summed E-state index contributed by atoms with van der Waals surface area (Å²) < 4.78 is 11.0. The second-order valence-electron chi connectivity index (χ2n) is 7.41. The monoisotopic (exact) mass is 391 g/mol. The summed E-state index contributed by atoms with van der Waals surface area (Å²) in [6, 6.07) is 1.67. The van der Waals surface area contributed by atoms with E-state index in [0.717, 1.165) is 19.4 Å². The van der Waals surface area contributed by atoms with Crippen molar-refractivity contribution in [3.63, 3.8) is 0 Å². The van der Waals surface area contributed by atoms with E-state index in [0.29, 0.717) is 50.6 Å². The van der Waals surface area contributed by atoms with Gasteiger partial charge >= 0.3 is 0 Å². The van der Waals surface area contributed by atoms with E-state index in [1.807, 2.05) is 0 Å². The molecule has 0 aromatic carbocycles. The Morgan fingerprint density at radius 1 is 1.18 bits per heavy atom. The van der Waals surface area contributed by atoms with Gasteiger partial charge in [0.2, 0.25) is 11.8 Å². The molecule has 1 aromatic rings. The number of carbonyl (C=O) groups excluding carboxylic acids is 3. The zero-order valence-corrected chi connectivity index (χ0v) is 16.7. The van der Waals surface area contributed by atoms with Gasteiger partial charge in [-0.05, 0) is 25.8 Å². The highest BCUT2D eigenvalue weighted by Crippen LogP contribution is 2.18. The van der Waals surface area contributed by atoms with Crippen LogP contribution >= 0.6 is 0 Å². The molecule has 2 aliphatic heterocycles. The molecular formula is C20H29N3O5. The minimum absolute atomic E-state index is 0.0113. The van der Waals surface area contributed by atoms with Crippen LogP contribution in [0.2, 0.25) is 0 Å². The summed E-state index contributed by atoms with van der Waals surface area (Å²) in [4.78, 5) is 42.2. The highest BCUT2D eigenvalue weighted by Gasteiger charge is 2.27. The maximum atomic E-state index is 13.0. The minimum Gasteiger partial charge on any atom is -0.469 e. The van der Waals surface area contributed by atoms with Gasteiger partial charge in [-0.2, -0.15) is 0 Å². The largest absolute Gasteiger partial charge is 0.469 e. The number of amides is 3. The van der Waals surface area contributed by atoms with Crippen molar-refractivity contribution in [3.8, 4) is 0 Å². The van der Waals surface area contributed by atoms with Gasteiger partial charge in [0.05, 0.1) is 17.9 Å². The number of ether oxygens (including phenoxy) is 1. The van der Waals surface area contributed by atoms with Crippen LogP contribution in [0.4, 0.5) is 0 Å². The van der Waals surface area contributed by atoms with Crippen molar-refractivity contribution in [2.45, 2.75) is 39.2 Å². The second-order valence-corrected chi connectivity index (χ2v) is 7.41. The van der Waals surface area contributed by atoms with Crippen LogP contribution in [-0.4, -0.2) is 84.4 Å². The molecule has 8 nitrogen and oxygen atoms in total. The Balaban J connectivity index is 1.58. The fourth-order valence-electron chi connectivity index (χ4n) is 3.75. The zero-order valence-electron chi connectivity index (χ0n) is 16.7. The summed E-state index contributed by atoms with van der Waals surface area (Å²) >= 11 is 0. The SMILES string of the molecule is CC(=O)N1CCN(C(=O)CCN(C[C@@H]2CCCO2)C(=O)c2ccoc2C)CC1. The van der Waals surface area contributed by atoms with Crippen LogP contribution in [0.5, 0.6) is 0 Å². The Hall–Kier alpha value is -2.35. The van der Waals surface area contributed by atoms with Crippen molar-refractivity contribution in [3.05, 3.63) is 23.7 Å². The van der Waals surface area contributed by atoms with Gasteiger partial charge in [0.25, 0.3) is 5.91 Å². The lowest BCUT2D eigenvalue weighted by Gasteiger charge is -2.34. The quantitative estimate of drug-likeness (QED) is 0.730. The first kappa shape index (κ1) is 20.4. The maximum Gasteiger partial charge on any atom is 0.257 e. The number of nitrogens with zero attached hydrogens (tertiary/aromatic N) is 3. The number of furan rings is 1. The van der Waals surface area contributed by atoms with Crippen LogP contribution in [0.1, 0.15) is 42.3 Å². The fraction of sp³-hybridized carbons (Fsp3) is 0.650. The van der Waals surface area contributed by atoms with Crippen LogP contribution in [0.25, 0.3) is 0 Å². The molecule has 2 aliphatic rings. The number of hydrogen-bond acceptors (Lipinski definition) is 5. The van der Waals surface area contributed by atoms with Gasteiger partial charge in [0, 0.05) is 59.2 Å². The van der Waals surface area contributed by atoms with Gasteiger partial charge in [0.1, 0.15) is 5.76 Å². The Labute approximate surface area is 165 Å². The Morgan fingerprint density at radius 3 is 2.46 bits per heavy atom. The number of piperazine rings is 1. The second kappa shape index (κ2) is 9.23. The molecule has 0 saturated carbocycles. The van der Waals surface area contributed by atoms with Crippen LogP contribution < -0.4 is 0 Å².